The van der Waals surface area contributed by atoms with Crippen LogP contribution in [0.1, 0.15) is 30.6 Å². The zero-order valence-corrected chi connectivity index (χ0v) is 16.0. The highest BCUT2D eigenvalue weighted by atomic mass is 16.5. The Balaban J connectivity index is 1.78. The van der Waals surface area contributed by atoms with Gasteiger partial charge in [0.15, 0.2) is 0 Å². The number of anilines is 1. The third-order valence-corrected chi connectivity index (χ3v) is 4.35. The van der Waals surface area contributed by atoms with Crippen molar-refractivity contribution in [3.05, 3.63) is 64.6 Å². The summed E-state index contributed by atoms with van der Waals surface area (Å²) in [5, 5.41) is 2.76. The molecule has 1 aromatic heterocycles. The van der Waals surface area contributed by atoms with Crippen molar-refractivity contribution in [1.29, 1.82) is 0 Å². The zero-order chi connectivity index (χ0) is 20.1. The van der Waals surface area contributed by atoms with Crippen molar-refractivity contribution >= 4 is 28.6 Å². The normalized spacial score (nSPS) is 10.8. The minimum absolute atomic E-state index is 0.0876. The Morgan fingerprint density at radius 2 is 1.61 bits per heavy atom. The quantitative estimate of drug-likeness (QED) is 0.638. The first kappa shape index (κ1) is 19.4. The Hall–Kier alpha value is -3.35. The molecule has 3 rings (SSSR count). The summed E-state index contributed by atoms with van der Waals surface area (Å²) in [6.45, 7) is 4.56. The number of fused-ring (bicyclic) bond motifs is 1. The number of amides is 1. The van der Waals surface area contributed by atoms with Crippen LogP contribution in [0.15, 0.2) is 53.3 Å². The molecule has 0 saturated carbocycles. The van der Waals surface area contributed by atoms with E-state index in [-0.39, 0.29) is 18.1 Å². The second-order valence-corrected chi connectivity index (χ2v) is 6.36. The molecule has 0 aliphatic carbocycles. The Labute approximate surface area is 162 Å². The van der Waals surface area contributed by atoms with Crippen LogP contribution < -0.4 is 11.0 Å². The topological polar surface area (TPSA) is 82.3 Å². The van der Waals surface area contributed by atoms with Gasteiger partial charge in [-0.1, -0.05) is 19.1 Å². The van der Waals surface area contributed by atoms with Gasteiger partial charge in [-0.2, -0.15) is 0 Å². The molecule has 0 atom stereocenters. The summed E-state index contributed by atoms with van der Waals surface area (Å²) >= 11 is 0. The molecular weight excluding hydrogens is 358 g/mol. The van der Waals surface area contributed by atoms with E-state index < -0.39 is 5.97 Å². The predicted molar refractivity (Wildman–Crippen MR) is 108 cm³/mol. The van der Waals surface area contributed by atoms with Crippen molar-refractivity contribution in [2.75, 3.05) is 11.9 Å². The molecule has 0 unspecified atom stereocenters. The molecule has 146 valence electrons. The molecule has 1 heterocycles. The number of hydrogen-bond donors (Lipinski definition) is 1. The second-order valence-electron chi connectivity index (χ2n) is 6.36. The summed E-state index contributed by atoms with van der Waals surface area (Å²) in [5.74, 6) is -0.721. The Bertz CT molecular complexity index is 1050. The number of nitrogens with zero attached hydrogens (tertiary/aromatic N) is 2. The fourth-order valence-electron chi connectivity index (χ4n) is 3.11. The summed E-state index contributed by atoms with van der Waals surface area (Å²) in [4.78, 5) is 36.9. The van der Waals surface area contributed by atoms with Gasteiger partial charge in [0, 0.05) is 12.2 Å². The maximum atomic E-state index is 12.7. The summed E-state index contributed by atoms with van der Waals surface area (Å²) in [6.07, 6.45) is 0.826. The zero-order valence-electron chi connectivity index (χ0n) is 16.0. The summed E-state index contributed by atoms with van der Waals surface area (Å²) in [7, 11) is 0. The van der Waals surface area contributed by atoms with Gasteiger partial charge in [0.25, 0.3) is 0 Å². The van der Waals surface area contributed by atoms with E-state index >= 15 is 0 Å². The van der Waals surface area contributed by atoms with Gasteiger partial charge >= 0.3 is 11.7 Å². The van der Waals surface area contributed by atoms with E-state index in [2.05, 4.69) is 5.32 Å². The van der Waals surface area contributed by atoms with E-state index in [1.165, 1.54) is 4.57 Å². The van der Waals surface area contributed by atoms with Crippen molar-refractivity contribution in [2.45, 2.75) is 33.4 Å². The van der Waals surface area contributed by atoms with Crippen molar-refractivity contribution in [2.24, 2.45) is 0 Å². The first-order chi connectivity index (χ1) is 13.5. The fraction of sp³-hybridized carbons (Fsp3) is 0.286. The van der Waals surface area contributed by atoms with E-state index in [0.29, 0.717) is 24.4 Å². The third kappa shape index (κ3) is 3.98. The van der Waals surface area contributed by atoms with Gasteiger partial charge in [0.1, 0.15) is 6.54 Å². The highest BCUT2D eigenvalue weighted by Gasteiger charge is 2.15. The Kier molecular flexibility index (Phi) is 5.93. The molecule has 0 radical (unpaired) electrons. The molecule has 1 amide bonds. The average molecular weight is 381 g/mol. The molecule has 2 aromatic carbocycles. The smallest absolute Gasteiger partial charge is 0.338 e. The van der Waals surface area contributed by atoms with Crippen molar-refractivity contribution in [1.82, 2.24) is 9.13 Å². The van der Waals surface area contributed by atoms with E-state index in [1.807, 2.05) is 31.2 Å². The van der Waals surface area contributed by atoms with Crippen LogP contribution in [0.25, 0.3) is 11.0 Å². The molecule has 0 spiro atoms. The van der Waals surface area contributed by atoms with Crippen molar-refractivity contribution in [3.8, 4) is 0 Å². The Morgan fingerprint density at radius 3 is 2.21 bits per heavy atom. The lowest BCUT2D eigenvalue weighted by Crippen LogP contribution is -2.29. The summed E-state index contributed by atoms with van der Waals surface area (Å²) in [5.41, 5.74) is 2.31. The van der Waals surface area contributed by atoms with E-state index in [0.717, 1.165) is 17.5 Å². The molecule has 0 aliphatic rings. The number of imidazole rings is 1. The number of hydrogen-bond acceptors (Lipinski definition) is 4. The number of ether oxygens (including phenoxy) is 1. The number of esters is 1. The maximum Gasteiger partial charge on any atom is 0.338 e. The largest absolute Gasteiger partial charge is 0.462 e. The third-order valence-electron chi connectivity index (χ3n) is 4.35. The number of nitrogens with one attached hydrogen (secondary N) is 1. The standard InChI is InChI=1S/C21H23N3O4/c1-3-13-23-17-7-5-6-8-18(17)24(21(23)27)14-19(25)22-16-11-9-15(10-12-16)20(26)28-4-2/h5-12H,3-4,13-14H2,1-2H3,(H,22,25). The van der Waals surface area contributed by atoms with Gasteiger partial charge < -0.3 is 10.1 Å². The monoisotopic (exact) mass is 381 g/mol. The van der Waals surface area contributed by atoms with Crippen molar-refractivity contribution < 1.29 is 14.3 Å². The van der Waals surface area contributed by atoms with Crippen LogP contribution in [0.2, 0.25) is 0 Å². The number of benzene rings is 2. The van der Waals surface area contributed by atoms with Gasteiger partial charge in [-0.3, -0.25) is 13.9 Å². The van der Waals surface area contributed by atoms with Gasteiger partial charge in [0.2, 0.25) is 5.91 Å². The lowest BCUT2D eigenvalue weighted by atomic mass is 10.2. The van der Waals surface area contributed by atoms with E-state index in [9.17, 15) is 14.4 Å². The number of carbonyl (C=O) groups excluding carboxylic acids is 2. The Morgan fingerprint density at radius 1 is 0.964 bits per heavy atom. The first-order valence-corrected chi connectivity index (χ1v) is 9.30. The molecule has 3 aromatic rings. The van der Waals surface area contributed by atoms with Gasteiger partial charge in [-0.15, -0.1) is 0 Å². The van der Waals surface area contributed by atoms with Gasteiger partial charge in [0.05, 0.1) is 23.2 Å². The molecule has 0 bridgehead atoms. The lowest BCUT2D eigenvalue weighted by molar-refractivity contribution is -0.116. The van der Waals surface area contributed by atoms with Crippen molar-refractivity contribution in [3.63, 3.8) is 0 Å². The second kappa shape index (κ2) is 8.56. The molecule has 7 nitrogen and oxygen atoms in total. The lowest BCUT2D eigenvalue weighted by Gasteiger charge is -2.07. The molecule has 0 fully saturated rings. The number of aryl methyl sites for hydroxylation is 1. The number of para-hydroxylation sites is 2. The first-order valence-electron chi connectivity index (χ1n) is 9.30. The van der Waals surface area contributed by atoms with Crippen LogP contribution >= 0.6 is 0 Å². The molecular formula is C21H23N3O4. The van der Waals surface area contributed by atoms with Crippen LogP contribution in [-0.2, 0) is 22.6 Å². The summed E-state index contributed by atoms with van der Waals surface area (Å²) in [6, 6.07) is 13.9. The van der Waals surface area contributed by atoms with Crippen LogP contribution in [0, 0.1) is 0 Å². The molecule has 28 heavy (non-hydrogen) atoms. The maximum absolute atomic E-state index is 12.7. The molecule has 1 N–H and O–H groups in total. The minimum Gasteiger partial charge on any atom is -0.462 e. The number of carbonyl (C=O) groups is 2. The summed E-state index contributed by atoms with van der Waals surface area (Å²) < 4.78 is 8.11. The SMILES string of the molecule is CCCn1c(=O)n(CC(=O)Nc2ccc(C(=O)OCC)cc2)c2ccccc21. The highest BCUT2D eigenvalue weighted by Crippen LogP contribution is 2.14. The average Bonchev–Trinajstić information content (AvgIpc) is 2.95. The van der Waals surface area contributed by atoms with Crippen LogP contribution in [-0.4, -0.2) is 27.6 Å². The van der Waals surface area contributed by atoms with Gasteiger partial charge in [-0.05, 0) is 49.7 Å². The highest BCUT2D eigenvalue weighted by molar-refractivity contribution is 5.93. The molecule has 0 aliphatic heterocycles. The predicted octanol–water partition coefficient (Wildman–Crippen LogP) is 3.03. The number of aromatic nitrogens is 2. The van der Waals surface area contributed by atoms with Crippen LogP contribution in [0.3, 0.4) is 0 Å². The van der Waals surface area contributed by atoms with Gasteiger partial charge in [-0.25, -0.2) is 9.59 Å². The van der Waals surface area contributed by atoms with E-state index in [4.69, 9.17) is 4.74 Å². The minimum atomic E-state index is -0.407. The van der Waals surface area contributed by atoms with E-state index in [1.54, 1.807) is 35.8 Å². The molecule has 0 saturated heterocycles. The number of rotatable bonds is 7. The van der Waals surface area contributed by atoms with Crippen LogP contribution in [0.5, 0.6) is 0 Å². The fourth-order valence-corrected chi connectivity index (χ4v) is 3.11. The molecule has 7 heteroatoms. The van der Waals surface area contributed by atoms with Crippen LogP contribution in [0.4, 0.5) is 5.69 Å².